The Kier molecular flexibility index (Phi) is 3.35. The van der Waals surface area contributed by atoms with Gasteiger partial charge in [0.25, 0.3) is 0 Å². The molecule has 1 aromatic rings. The zero-order chi connectivity index (χ0) is 10.7. The van der Waals surface area contributed by atoms with Crippen molar-refractivity contribution in [3.05, 3.63) is 16.8 Å². The number of nitrogen functional groups attached to an aromatic ring is 1. The van der Waals surface area contributed by atoms with Gasteiger partial charge in [-0.1, -0.05) is 26.1 Å². The largest absolute Gasteiger partial charge is 0.389 e. The van der Waals surface area contributed by atoms with Crippen LogP contribution in [0.4, 0.5) is 5.82 Å². The minimum absolute atomic E-state index is 0.295. The van der Waals surface area contributed by atoms with Gasteiger partial charge in [0.1, 0.15) is 4.99 Å². The van der Waals surface area contributed by atoms with E-state index in [1.54, 1.807) is 0 Å². The van der Waals surface area contributed by atoms with Crippen LogP contribution in [-0.4, -0.2) is 15.2 Å². The molecule has 0 bridgehead atoms. The molecule has 0 spiro atoms. The SMILES string of the molecule is CCc1nnc(N)c(C(N)=S)c1CC. The minimum atomic E-state index is 0.295. The van der Waals surface area contributed by atoms with Gasteiger partial charge in [-0.3, -0.25) is 0 Å². The Bertz CT molecular complexity index is 362. The number of hydrogen-bond donors (Lipinski definition) is 2. The molecule has 0 saturated heterocycles. The van der Waals surface area contributed by atoms with E-state index in [4.69, 9.17) is 23.7 Å². The third-order valence-electron chi connectivity index (χ3n) is 2.12. The van der Waals surface area contributed by atoms with Crippen molar-refractivity contribution in [1.82, 2.24) is 10.2 Å². The van der Waals surface area contributed by atoms with Gasteiger partial charge in [0.15, 0.2) is 5.82 Å². The lowest BCUT2D eigenvalue weighted by Crippen LogP contribution is -2.18. The molecule has 5 heteroatoms. The Balaban J connectivity index is 3.42. The summed E-state index contributed by atoms with van der Waals surface area (Å²) in [7, 11) is 0. The summed E-state index contributed by atoms with van der Waals surface area (Å²) in [5.74, 6) is 0.326. The molecule has 0 saturated carbocycles. The van der Waals surface area contributed by atoms with Gasteiger partial charge in [0.2, 0.25) is 0 Å². The van der Waals surface area contributed by atoms with E-state index >= 15 is 0 Å². The smallest absolute Gasteiger partial charge is 0.156 e. The van der Waals surface area contributed by atoms with Gasteiger partial charge in [0, 0.05) is 0 Å². The van der Waals surface area contributed by atoms with Crippen molar-refractivity contribution in [3.63, 3.8) is 0 Å². The normalized spacial score (nSPS) is 10.1. The highest BCUT2D eigenvalue weighted by Crippen LogP contribution is 2.18. The Morgan fingerprint density at radius 3 is 2.36 bits per heavy atom. The highest BCUT2D eigenvalue weighted by Gasteiger charge is 2.13. The summed E-state index contributed by atoms with van der Waals surface area (Å²) in [6.07, 6.45) is 1.63. The van der Waals surface area contributed by atoms with E-state index in [2.05, 4.69) is 10.2 Å². The van der Waals surface area contributed by atoms with Crippen LogP contribution >= 0.6 is 12.2 Å². The summed E-state index contributed by atoms with van der Waals surface area (Å²) < 4.78 is 0. The van der Waals surface area contributed by atoms with Crippen molar-refractivity contribution in [1.29, 1.82) is 0 Å². The Morgan fingerprint density at radius 2 is 1.93 bits per heavy atom. The van der Waals surface area contributed by atoms with Crippen LogP contribution in [0.25, 0.3) is 0 Å². The van der Waals surface area contributed by atoms with Crippen LogP contribution in [0.5, 0.6) is 0 Å². The third kappa shape index (κ3) is 1.82. The van der Waals surface area contributed by atoms with Crippen molar-refractivity contribution < 1.29 is 0 Å². The molecule has 0 aromatic carbocycles. The maximum absolute atomic E-state index is 5.68. The van der Waals surface area contributed by atoms with E-state index in [0.29, 0.717) is 16.4 Å². The van der Waals surface area contributed by atoms with Crippen molar-refractivity contribution in [2.45, 2.75) is 26.7 Å². The van der Waals surface area contributed by atoms with E-state index in [1.165, 1.54) is 0 Å². The average Bonchev–Trinajstić information content (AvgIpc) is 2.16. The molecule has 4 nitrogen and oxygen atoms in total. The van der Waals surface area contributed by atoms with Crippen LogP contribution in [0.3, 0.4) is 0 Å². The zero-order valence-corrected chi connectivity index (χ0v) is 9.19. The standard InChI is InChI=1S/C9H14N4S/c1-3-5-6(4-2)12-13-8(10)7(5)9(11)14/h3-4H2,1-2H3,(H2,10,13)(H2,11,14). The molecule has 0 fully saturated rings. The Morgan fingerprint density at radius 1 is 1.29 bits per heavy atom. The second-order valence-electron chi connectivity index (χ2n) is 2.96. The summed E-state index contributed by atoms with van der Waals surface area (Å²) in [4.78, 5) is 0.295. The first-order valence-electron chi connectivity index (χ1n) is 4.55. The van der Waals surface area contributed by atoms with Crippen LogP contribution in [0, 0.1) is 0 Å². The summed E-state index contributed by atoms with van der Waals surface area (Å²) in [6.45, 7) is 4.04. The van der Waals surface area contributed by atoms with Crippen molar-refractivity contribution >= 4 is 23.0 Å². The number of nitrogens with zero attached hydrogens (tertiary/aromatic N) is 2. The quantitative estimate of drug-likeness (QED) is 0.722. The first-order chi connectivity index (χ1) is 6.61. The van der Waals surface area contributed by atoms with Crippen LogP contribution in [0.15, 0.2) is 0 Å². The molecule has 4 N–H and O–H groups in total. The molecule has 0 radical (unpaired) electrons. The molecule has 1 rings (SSSR count). The Labute approximate surface area is 88.7 Å². The highest BCUT2D eigenvalue weighted by molar-refractivity contribution is 7.80. The second-order valence-corrected chi connectivity index (χ2v) is 3.40. The summed E-state index contributed by atoms with van der Waals surface area (Å²) in [6, 6.07) is 0. The molecule has 0 unspecified atom stereocenters. The number of rotatable bonds is 3. The van der Waals surface area contributed by atoms with Crippen LogP contribution in [0.1, 0.15) is 30.7 Å². The minimum Gasteiger partial charge on any atom is -0.389 e. The first kappa shape index (κ1) is 10.8. The summed E-state index contributed by atoms with van der Waals surface area (Å²) in [5.41, 5.74) is 13.9. The monoisotopic (exact) mass is 210 g/mol. The fraction of sp³-hybridized carbons (Fsp3) is 0.444. The van der Waals surface area contributed by atoms with Gasteiger partial charge in [-0.2, -0.15) is 5.10 Å². The van der Waals surface area contributed by atoms with Crippen LogP contribution < -0.4 is 11.5 Å². The molecule has 14 heavy (non-hydrogen) atoms. The lowest BCUT2D eigenvalue weighted by Gasteiger charge is -2.11. The molecule has 0 aliphatic heterocycles. The van der Waals surface area contributed by atoms with Gasteiger partial charge in [0.05, 0.1) is 11.3 Å². The van der Waals surface area contributed by atoms with Crippen molar-refractivity contribution in [3.8, 4) is 0 Å². The van der Waals surface area contributed by atoms with E-state index in [1.807, 2.05) is 13.8 Å². The molecule has 0 amide bonds. The predicted molar refractivity (Wildman–Crippen MR) is 61.1 cm³/mol. The first-order valence-corrected chi connectivity index (χ1v) is 4.96. The second kappa shape index (κ2) is 4.32. The van der Waals surface area contributed by atoms with Crippen LogP contribution in [0.2, 0.25) is 0 Å². The van der Waals surface area contributed by atoms with E-state index in [-0.39, 0.29) is 0 Å². The van der Waals surface area contributed by atoms with E-state index in [9.17, 15) is 0 Å². The van der Waals surface area contributed by atoms with Gasteiger partial charge in [-0.15, -0.1) is 5.10 Å². The average molecular weight is 210 g/mol. The predicted octanol–water partition coefficient (Wildman–Crippen LogP) is 0.818. The van der Waals surface area contributed by atoms with Gasteiger partial charge in [-0.05, 0) is 18.4 Å². The molecule has 0 aliphatic carbocycles. The van der Waals surface area contributed by atoms with Crippen LogP contribution in [-0.2, 0) is 12.8 Å². The summed E-state index contributed by atoms with van der Waals surface area (Å²) >= 11 is 4.94. The molecule has 76 valence electrons. The van der Waals surface area contributed by atoms with Gasteiger partial charge < -0.3 is 11.5 Å². The van der Waals surface area contributed by atoms with E-state index < -0.39 is 0 Å². The molecule has 0 aliphatic rings. The number of hydrogen-bond acceptors (Lipinski definition) is 4. The molecule has 0 atom stereocenters. The molecule has 1 heterocycles. The third-order valence-corrected chi connectivity index (χ3v) is 2.32. The maximum atomic E-state index is 5.68. The lowest BCUT2D eigenvalue weighted by molar-refractivity contribution is 0.881. The molecular formula is C9H14N4S. The fourth-order valence-electron chi connectivity index (χ4n) is 1.46. The molecular weight excluding hydrogens is 196 g/mol. The lowest BCUT2D eigenvalue weighted by atomic mass is 10.0. The molecule has 1 aromatic heterocycles. The number of anilines is 1. The Hall–Kier alpha value is -1.23. The van der Waals surface area contributed by atoms with E-state index in [0.717, 1.165) is 24.1 Å². The topological polar surface area (TPSA) is 77.8 Å². The fourth-order valence-corrected chi connectivity index (χ4v) is 1.69. The highest BCUT2D eigenvalue weighted by atomic mass is 32.1. The number of aryl methyl sites for hydroxylation is 1. The van der Waals surface area contributed by atoms with Gasteiger partial charge in [-0.25, -0.2) is 0 Å². The number of thiocarbonyl (C=S) groups is 1. The summed E-state index contributed by atoms with van der Waals surface area (Å²) in [5, 5.41) is 7.86. The number of aromatic nitrogens is 2. The number of nitrogens with two attached hydrogens (primary N) is 2. The van der Waals surface area contributed by atoms with Crippen molar-refractivity contribution in [2.24, 2.45) is 5.73 Å². The zero-order valence-electron chi connectivity index (χ0n) is 8.37. The van der Waals surface area contributed by atoms with Gasteiger partial charge >= 0.3 is 0 Å². The maximum Gasteiger partial charge on any atom is 0.156 e. The van der Waals surface area contributed by atoms with Crippen molar-refractivity contribution in [2.75, 3.05) is 5.73 Å².